The molecule has 6 N–H and O–H groups in total. The molecule has 4 aromatic rings. The van der Waals surface area contributed by atoms with E-state index in [0.29, 0.717) is 0 Å². The van der Waals surface area contributed by atoms with Crippen LogP contribution in [-0.2, 0) is 49.4 Å². The van der Waals surface area contributed by atoms with Crippen LogP contribution in [0.15, 0.2) is 72.8 Å². The van der Waals surface area contributed by atoms with Gasteiger partial charge in [0.15, 0.2) is 0 Å². The molecule has 0 spiro atoms. The predicted octanol–water partition coefficient (Wildman–Crippen LogP) is 5.74. The fourth-order valence-electron chi connectivity index (χ4n) is 6.07. The molecule has 0 unspecified atom stereocenters. The first-order valence-corrected chi connectivity index (χ1v) is 14.6. The van der Waals surface area contributed by atoms with Crippen LogP contribution >= 0.6 is 0 Å². The van der Waals surface area contributed by atoms with E-state index in [1.807, 2.05) is 0 Å². The number of benzene rings is 4. The summed E-state index contributed by atoms with van der Waals surface area (Å²) >= 11 is 0. The van der Waals surface area contributed by atoms with Crippen molar-refractivity contribution in [2.45, 2.75) is 49.4 Å². The Morgan fingerprint density at radius 1 is 0.213 bits per heavy atom. The maximum Gasteiger partial charge on any atom is 1.00 e. The summed E-state index contributed by atoms with van der Waals surface area (Å²) in [4.78, 5) is 0. The summed E-state index contributed by atoms with van der Waals surface area (Å²) in [5.41, 5.74) is -30.2. The monoisotopic (exact) mass is 940 g/mol. The molecule has 61 heavy (non-hydrogen) atoms. The predicted molar refractivity (Wildman–Crippen MR) is 161 cm³/mol. The topological polar surface area (TPSA) is 94.5 Å². The van der Waals surface area contributed by atoms with E-state index in [1.54, 1.807) is 0 Å². The molecule has 0 fully saturated rings. The molecule has 3 nitrogen and oxygen atoms in total. The van der Waals surface area contributed by atoms with E-state index >= 15 is 0 Å². The molecular weight excluding hydrogens is 922 g/mol. The zero-order chi connectivity index (χ0) is 43.9. The third-order valence-electron chi connectivity index (χ3n) is 8.44. The van der Waals surface area contributed by atoms with Crippen LogP contribution in [0.4, 0.5) is 105 Å². The van der Waals surface area contributed by atoms with Gasteiger partial charge in [-0.05, 0) is 24.3 Å². The number of hydrogen-bond acceptors (Lipinski definition) is 0. The maximum atomic E-state index is 14.2. The van der Waals surface area contributed by atoms with Gasteiger partial charge in [0.2, 0.25) is 0 Å². The second kappa shape index (κ2) is 17.7. The van der Waals surface area contributed by atoms with E-state index in [0.717, 1.165) is 0 Å². The van der Waals surface area contributed by atoms with Crippen LogP contribution in [0.5, 0.6) is 0 Å². The zero-order valence-corrected chi connectivity index (χ0v) is 31.1. The summed E-state index contributed by atoms with van der Waals surface area (Å²) in [7, 11) is 0. The second-order valence-electron chi connectivity index (χ2n) is 12.2. The molecule has 29 heteroatoms. The van der Waals surface area contributed by atoms with Crippen molar-refractivity contribution in [3.05, 3.63) is 117 Å². The molecule has 0 aliphatic carbocycles. The maximum absolute atomic E-state index is 14.2. The summed E-state index contributed by atoms with van der Waals surface area (Å²) in [5.74, 6) is 0. The summed E-state index contributed by atoms with van der Waals surface area (Å²) in [6.07, 6.45) is -54.8. The number of alkyl halides is 24. The summed E-state index contributed by atoms with van der Waals surface area (Å²) in [6, 6.07) is -8.81. The molecule has 0 aliphatic heterocycles. The quantitative estimate of drug-likeness (QED) is 0.185. The van der Waals surface area contributed by atoms with Gasteiger partial charge in [0, 0.05) is 0 Å². The van der Waals surface area contributed by atoms with Gasteiger partial charge in [-0.3, -0.25) is 0 Å². The van der Waals surface area contributed by atoms with Crippen molar-refractivity contribution in [3.8, 4) is 0 Å². The normalized spacial score (nSPS) is 13.4. The molecule has 0 heterocycles. The van der Waals surface area contributed by atoms with Crippen LogP contribution in [0.1, 0.15) is 44.5 Å². The van der Waals surface area contributed by atoms with E-state index in [4.69, 9.17) is 0 Å². The Bertz CT molecular complexity index is 1720. The van der Waals surface area contributed by atoms with Crippen LogP contribution in [0.2, 0.25) is 0 Å². The Morgan fingerprint density at radius 3 is 0.393 bits per heavy atom. The smallest absolute Gasteiger partial charge is 0.412 e. The van der Waals surface area contributed by atoms with Gasteiger partial charge in [0.25, 0.3) is 0 Å². The van der Waals surface area contributed by atoms with Crippen molar-refractivity contribution in [3.63, 3.8) is 0 Å². The minimum atomic E-state index is -6.13. The van der Waals surface area contributed by atoms with Crippen LogP contribution in [0.3, 0.4) is 0 Å². The van der Waals surface area contributed by atoms with Crippen LogP contribution in [-0.4, -0.2) is 22.6 Å². The van der Waals surface area contributed by atoms with Crippen molar-refractivity contribution in [1.29, 1.82) is 0 Å². The number of halogens is 24. The van der Waals surface area contributed by atoms with Crippen LogP contribution in [0.25, 0.3) is 0 Å². The number of rotatable bonds is 4. The molecule has 4 rings (SSSR count). The Hall–Kier alpha value is -3.86. The van der Waals surface area contributed by atoms with Crippen molar-refractivity contribution in [2.75, 3.05) is 0 Å². The Balaban J connectivity index is 0.00000900. The molecule has 4 aromatic carbocycles. The van der Waals surface area contributed by atoms with Crippen molar-refractivity contribution in [2.24, 2.45) is 0 Å². The minimum absolute atomic E-state index is 0. The van der Waals surface area contributed by atoms with Crippen molar-refractivity contribution >= 4 is 28.0 Å². The Kier molecular flexibility index (Phi) is 16.6. The third-order valence-corrected chi connectivity index (χ3v) is 8.44. The van der Waals surface area contributed by atoms with Gasteiger partial charge >= 0.3 is 79.0 Å². The summed E-state index contributed by atoms with van der Waals surface area (Å²) in [6.45, 7) is 0. The van der Waals surface area contributed by atoms with Gasteiger partial charge in [-0.2, -0.15) is 127 Å². The van der Waals surface area contributed by atoms with Gasteiger partial charge in [-0.25, -0.2) is 0 Å². The van der Waals surface area contributed by atoms with Crippen molar-refractivity contribution in [1.82, 2.24) is 0 Å². The van der Waals surface area contributed by atoms with E-state index < -0.39 is 195 Å². The first-order chi connectivity index (χ1) is 25.3. The van der Waals surface area contributed by atoms with Gasteiger partial charge in [0.1, 0.15) is 6.15 Å². The van der Waals surface area contributed by atoms with E-state index in [1.165, 1.54) is 0 Å². The molecule has 0 saturated heterocycles. The van der Waals surface area contributed by atoms with Crippen LogP contribution < -0.4 is 51.4 Å². The van der Waals surface area contributed by atoms with Gasteiger partial charge < -0.3 is 16.4 Å². The van der Waals surface area contributed by atoms with Crippen molar-refractivity contribution < 1.29 is 151 Å². The molecule has 336 valence electrons. The van der Waals surface area contributed by atoms with Crippen LogP contribution in [0, 0.1) is 0 Å². The molecule has 0 atom stereocenters. The standard InChI is InChI=1S/C32H12BF24.Na.3H2O/c34-25(35,36)13-1-14(26(37,38)39)6-21(5-13)33(22-7-15(27(40,41)42)2-16(8-22)28(43,44)45,23-9-17(29(46,47)48)3-18(10-23)30(49,50)51)24-11-19(31(52,53)54)4-20(12-24)32(55,56)57;;;;/h1-12H;;3*1H2/q-1;+1;;;. The van der Waals surface area contributed by atoms with Gasteiger partial charge in [-0.1, -0.05) is 48.5 Å². The molecular formula is C32H18BF24NaO3. The van der Waals surface area contributed by atoms with E-state index in [2.05, 4.69) is 0 Å². The zero-order valence-electron chi connectivity index (χ0n) is 29.1. The second-order valence-corrected chi connectivity index (χ2v) is 12.2. The van der Waals surface area contributed by atoms with E-state index in [9.17, 15) is 105 Å². The minimum Gasteiger partial charge on any atom is -0.412 e. The Morgan fingerprint density at radius 2 is 0.311 bits per heavy atom. The number of hydrogen-bond donors (Lipinski definition) is 0. The average molecular weight is 940 g/mol. The average Bonchev–Trinajstić information content (AvgIpc) is 3.01. The summed E-state index contributed by atoms with van der Waals surface area (Å²) in [5, 5.41) is 0. The molecule has 0 bridgehead atoms. The van der Waals surface area contributed by atoms with Gasteiger partial charge in [-0.15, -0.1) is 0 Å². The SMILES string of the molecule is FC(F)(F)c1cc([B-](c2cc(C(F)(F)F)cc(C(F)(F)F)c2)(c2cc(C(F)(F)F)cc(C(F)(F)F)c2)c2cc(C(F)(F)F)cc(C(F)(F)F)c2)cc(C(F)(F)F)c1.O.O.O.[Na+]. The first-order valence-electron chi connectivity index (χ1n) is 14.6. The van der Waals surface area contributed by atoms with Gasteiger partial charge in [0.05, 0.1) is 44.5 Å². The third kappa shape index (κ3) is 12.2. The first kappa shape index (κ1) is 57.1. The van der Waals surface area contributed by atoms with E-state index in [-0.39, 0.29) is 46.0 Å². The largest absolute Gasteiger partial charge is 1.00 e. The molecule has 0 radical (unpaired) electrons. The molecule has 0 amide bonds. The molecule has 0 saturated carbocycles. The molecule has 0 aromatic heterocycles. The Labute approximate surface area is 345 Å². The fourth-order valence-corrected chi connectivity index (χ4v) is 6.07. The summed E-state index contributed by atoms with van der Waals surface area (Å²) < 4.78 is 341. The fraction of sp³-hybridized carbons (Fsp3) is 0.250. The molecule has 0 aliphatic rings.